The van der Waals surface area contributed by atoms with Crippen molar-refractivity contribution in [3.8, 4) is 0 Å². The van der Waals surface area contributed by atoms with E-state index in [1.165, 1.54) is 0 Å². The van der Waals surface area contributed by atoms with Gasteiger partial charge in [-0.05, 0) is 25.5 Å². The zero-order chi connectivity index (χ0) is 13.0. The smallest absolute Gasteiger partial charge is 0.140 e. The highest BCUT2D eigenvalue weighted by Gasteiger charge is 2.25. The molecule has 0 saturated carbocycles. The van der Waals surface area contributed by atoms with E-state index in [2.05, 4.69) is 29.2 Å². The Labute approximate surface area is 108 Å². The third-order valence-corrected chi connectivity index (χ3v) is 3.37. The summed E-state index contributed by atoms with van der Waals surface area (Å²) in [4.78, 5) is 6.90. The van der Waals surface area contributed by atoms with Gasteiger partial charge in [-0.1, -0.05) is 13.0 Å². The van der Waals surface area contributed by atoms with Crippen LogP contribution in [0.5, 0.6) is 0 Å². The highest BCUT2D eigenvalue weighted by atomic mass is 16.5. The fraction of sp³-hybridized carbons (Fsp3) is 0.615. The number of hydrogen-bond donors (Lipinski definition) is 2. The molecule has 2 rings (SSSR count). The number of nitrogens with zero attached hydrogens (tertiary/aromatic N) is 2. The number of hydrogen-bond acceptors (Lipinski definition) is 5. The maximum Gasteiger partial charge on any atom is 0.140 e. The van der Waals surface area contributed by atoms with E-state index in [0.717, 1.165) is 31.8 Å². The molecule has 2 heterocycles. The second-order valence-electron chi connectivity index (χ2n) is 4.79. The number of hydrazine groups is 1. The van der Waals surface area contributed by atoms with E-state index in [-0.39, 0.29) is 0 Å². The summed E-state index contributed by atoms with van der Waals surface area (Å²) in [5.74, 6) is 6.09. The summed E-state index contributed by atoms with van der Waals surface area (Å²) in [7, 11) is 0. The molecule has 0 aromatic carbocycles. The minimum Gasteiger partial charge on any atom is -0.376 e. The Morgan fingerprint density at radius 1 is 1.56 bits per heavy atom. The minimum absolute atomic E-state index is 0.295. The molecule has 1 saturated heterocycles. The van der Waals surface area contributed by atoms with Crippen molar-refractivity contribution in [1.82, 2.24) is 9.88 Å². The predicted molar refractivity (Wildman–Crippen MR) is 72.0 cm³/mol. The van der Waals surface area contributed by atoms with Gasteiger partial charge in [0.15, 0.2) is 0 Å². The van der Waals surface area contributed by atoms with E-state index in [1.54, 1.807) is 0 Å². The fourth-order valence-corrected chi connectivity index (χ4v) is 2.34. The third kappa shape index (κ3) is 3.19. The number of rotatable bonds is 4. The number of nitrogens with one attached hydrogen (secondary N) is 1. The van der Waals surface area contributed by atoms with Gasteiger partial charge >= 0.3 is 0 Å². The SMILES string of the molecule is CCC1COC(C)CN1Cc1cccc(NN)n1. The van der Waals surface area contributed by atoms with E-state index >= 15 is 0 Å². The number of aromatic nitrogens is 1. The van der Waals surface area contributed by atoms with Gasteiger partial charge in [-0.15, -0.1) is 0 Å². The standard InChI is InChI=1S/C13H22N4O/c1-3-12-9-18-10(2)7-17(12)8-11-5-4-6-13(15-11)16-14/h4-6,10,12H,3,7-9,14H2,1-2H3,(H,15,16). The largest absolute Gasteiger partial charge is 0.376 e. The van der Waals surface area contributed by atoms with Gasteiger partial charge in [0.2, 0.25) is 0 Å². The van der Waals surface area contributed by atoms with Crippen molar-refractivity contribution in [2.24, 2.45) is 5.84 Å². The third-order valence-electron chi connectivity index (χ3n) is 3.37. The molecule has 0 spiro atoms. The first-order valence-corrected chi connectivity index (χ1v) is 6.51. The zero-order valence-corrected chi connectivity index (χ0v) is 11.1. The topological polar surface area (TPSA) is 63.4 Å². The molecule has 1 aromatic heterocycles. The number of ether oxygens (including phenoxy) is 1. The molecule has 0 aliphatic carbocycles. The fourth-order valence-electron chi connectivity index (χ4n) is 2.34. The summed E-state index contributed by atoms with van der Waals surface area (Å²) >= 11 is 0. The maximum atomic E-state index is 5.70. The van der Waals surface area contributed by atoms with Crippen molar-refractivity contribution in [3.05, 3.63) is 23.9 Å². The van der Waals surface area contributed by atoms with E-state index in [4.69, 9.17) is 10.6 Å². The molecule has 2 unspecified atom stereocenters. The van der Waals surface area contributed by atoms with E-state index in [1.807, 2.05) is 18.2 Å². The molecule has 2 atom stereocenters. The lowest BCUT2D eigenvalue weighted by Crippen LogP contribution is -2.48. The quantitative estimate of drug-likeness (QED) is 0.624. The van der Waals surface area contributed by atoms with Crippen LogP contribution >= 0.6 is 0 Å². The first-order valence-electron chi connectivity index (χ1n) is 6.51. The van der Waals surface area contributed by atoms with Crippen LogP contribution in [0.2, 0.25) is 0 Å². The van der Waals surface area contributed by atoms with Crippen LogP contribution in [-0.2, 0) is 11.3 Å². The lowest BCUT2D eigenvalue weighted by Gasteiger charge is -2.38. The lowest BCUT2D eigenvalue weighted by atomic mass is 10.1. The zero-order valence-electron chi connectivity index (χ0n) is 11.1. The molecule has 0 radical (unpaired) electrons. The first-order chi connectivity index (χ1) is 8.72. The van der Waals surface area contributed by atoms with Gasteiger partial charge in [-0.25, -0.2) is 10.8 Å². The monoisotopic (exact) mass is 250 g/mol. The summed E-state index contributed by atoms with van der Waals surface area (Å²) in [5, 5.41) is 0. The van der Waals surface area contributed by atoms with Gasteiger partial charge in [0, 0.05) is 19.1 Å². The lowest BCUT2D eigenvalue weighted by molar-refractivity contribution is -0.0595. The molecule has 18 heavy (non-hydrogen) atoms. The Morgan fingerprint density at radius 2 is 2.39 bits per heavy atom. The van der Waals surface area contributed by atoms with Crippen LogP contribution in [-0.4, -0.2) is 35.2 Å². The molecule has 1 aliphatic rings. The summed E-state index contributed by atoms with van der Waals surface area (Å²) in [6, 6.07) is 6.36. The van der Waals surface area contributed by atoms with Crippen LogP contribution < -0.4 is 11.3 Å². The Bertz CT molecular complexity index is 385. The average molecular weight is 250 g/mol. The van der Waals surface area contributed by atoms with Crippen molar-refractivity contribution >= 4 is 5.82 Å². The molecular weight excluding hydrogens is 228 g/mol. The second kappa shape index (κ2) is 6.13. The Hall–Kier alpha value is -1.17. The van der Waals surface area contributed by atoms with Crippen LogP contribution in [0.1, 0.15) is 26.0 Å². The summed E-state index contributed by atoms with van der Waals surface area (Å²) in [6.45, 7) is 6.93. The molecule has 1 aliphatic heterocycles. The van der Waals surface area contributed by atoms with Crippen LogP contribution in [0.4, 0.5) is 5.82 Å². The second-order valence-corrected chi connectivity index (χ2v) is 4.79. The van der Waals surface area contributed by atoms with Crippen LogP contribution in [0.25, 0.3) is 0 Å². The molecule has 0 bridgehead atoms. The summed E-state index contributed by atoms with van der Waals surface area (Å²) in [6.07, 6.45) is 1.39. The highest BCUT2D eigenvalue weighted by Crippen LogP contribution is 2.17. The average Bonchev–Trinajstić information content (AvgIpc) is 2.39. The highest BCUT2D eigenvalue weighted by molar-refractivity contribution is 5.33. The van der Waals surface area contributed by atoms with Gasteiger partial charge in [0.05, 0.1) is 18.4 Å². The predicted octanol–water partition coefficient (Wildman–Crippen LogP) is 1.37. The number of anilines is 1. The van der Waals surface area contributed by atoms with Crippen LogP contribution in [0, 0.1) is 0 Å². The molecule has 1 aromatic rings. The van der Waals surface area contributed by atoms with Gasteiger partial charge in [0.1, 0.15) is 5.82 Å². The van der Waals surface area contributed by atoms with Gasteiger partial charge in [0.25, 0.3) is 0 Å². The van der Waals surface area contributed by atoms with Crippen molar-refractivity contribution < 1.29 is 4.74 Å². The maximum absolute atomic E-state index is 5.70. The number of pyridine rings is 1. The molecule has 1 fully saturated rings. The Morgan fingerprint density at radius 3 is 3.11 bits per heavy atom. The minimum atomic E-state index is 0.295. The van der Waals surface area contributed by atoms with Crippen molar-refractivity contribution in [2.45, 2.75) is 39.0 Å². The van der Waals surface area contributed by atoms with Gasteiger partial charge < -0.3 is 10.2 Å². The Kier molecular flexibility index (Phi) is 4.52. The first kappa shape index (κ1) is 13.3. The van der Waals surface area contributed by atoms with E-state index < -0.39 is 0 Å². The molecule has 0 amide bonds. The molecule has 100 valence electrons. The van der Waals surface area contributed by atoms with Crippen molar-refractivity contribution in [3.63, 3.8) is 0 Å². The van der Waals surface area contributed by atoms with Crippen molar-refractivity contribution in [1.29, 1.82) is 0 Å². The normalized spacial score (nSPS) is 25.1. The Balaban J connectivity index is 2.05. The van der Waals surface area contributed by atoms with E-state index in [9.17, 15) is 0 Å². The number of morpholine rings is 1. The van der Waals surface area contributed by atoms with Gasteiger partial charge in [-0.2, -0.15) is 0 Å². The van der Waals surface area contributed by atoms with Crippen LogP contribution in [0.15, 0.2) is 18.2 Å². The summed E-state index contributed by atoms with van der Waals surface area (Å²) in [5.41, 5.74) is 3.62. The van der Waals surface area contributed by atoms with Crippen LogP contribution in [0.3, 0.4) is 0 Å². The number of nitrogen functional groups attached to an aromatic ring is 1. The number of nitrogens with two attached hydrogens (primary N) is 1. The summed E-state index contributed by atoms with van der Waals surface area (Å²) < 4.78 is 5.70. The van der Waals surface area contributed by atoms with E-state index in [0.29, 0.717) is 18.0 Å². The molecule has 3 N–H and O–H groups in total. The van der Waals surface area contributed by atoms with Gasteiger partial charge in [-0.3, -0.25) is 4.90 Å². The molecule has 5 nitrogen and oxygen atoms in total. The molecule has 5 heteroatoms. The molecular formula is C13H22N4O. The van der Waals surface area contributed by atoms with Crippen molar-refractivity contribution in [2.75, 3.05) is 18.6 Å².